The maximum absolute atomic E-state index is 12.9. The molecule has 0 spiro atoms. The third-order valence-electron chi connectivity index (χ3n) is 4.45. The number of nitrogens with zero attached hydrogens (tertiary/aromatic N) is 1. The summed E-state index contributed by atoms with van der Waals surface area (Å²) < 4.78 is 15.9. The summed E-state index contributed by atoms with van der Waals surface area (Å²) in [7, 11) is 4.53. The summed E-state index contributed by atoms with van der Waals surface area (Å²) in [6, 6.07) is 11.2. The Labute approximate surface area is 163 Å². The molecule has 0 atom stereocenters. The van der Waals surface area contributed by atoms with Gasteiger partial charge in [-0.05, 0) is 31.5 Å². The fourth-order valence-corrected chi connectivity index (χ4v) is 2.98. The first kappa shape index (κ1) is 19.3. The third-order valence-corrected chi connectivity index (χ3v) is 4.45. The summed E-state index contributed by atoms with van der Waals surface area (Å²) in [5.74, 6) is 1.37. The number of carbonyl (C=O) groups excluding carboxylic acids is 1. The van der Waals surface area contributed by atoms with E-state index in [2.05, 4.69) is 15.5 Å². The van der Waals surface area contributed by atoms with Crippen LogP contribution in [0.5, 0.6) is 17.2 Å². The molecule has 1 heterocycles. The largest absolute Gasteiger partial charge is 0.493 e. The van der Waals surface area contributed by atoms with E-state index in [1.165, 1.54) is 21.3 Å². The maximum Gasteiger partial charge on any atom is 0.257 e. The van der Waals surface area contributed by atoms with Crippen LogP contribution in [0, 0.1) is 13.8 Å². The number of hydrogen-bond acceptors (Lipinski definition) is 5. The predicted octanol–water partition coefficient (Wildman–Crippen LogP) is 3.97. The number of benzene rings is 2. The van der Waals surface area contributed by atoms with Crippen LogP contribution in [0.2, 0.25) is 0 Å². The average molecular weight is 381 g/mol. The van der Waals surface area contributed by atoms with Crippen molar-refractivity contribution in [3.8, 4) is 28.4 Å². The van der Waals surface area contributed by atoms with Gasteiger partial charge >= 0.3 is 0 Å². The number of methoxy groups -OCH3 is 3. The zero-order valence-corrected chi connectivity index (χ0v) is 16.5. The first-order valence-electron chi connectivity index (χ1n) is 8.71. The summed E-state index contributed by atoms with van der Waals surface area (Å²) in [6.07, 6.45) is 0. The quantitative estimate of drug-likeness (QED) is 0.675. The van der Waals surface area contributed by atoms with Crippen LogP contribution in [0.3, 0.4) is 0 Å². The molecule has 0 aliphatic carbocycles. The number of nitrogens with one attached hydrogen (secondary N) is 2. The van der Waals surface area contributed by atoms with E-state index in [9.17, 15) is 4.79 Å². The van der Waals surface area contributed by atoms with Gasteiger partial charge in [-0.1, -0.05) is 29.8 Å². The highest BCUT2D eigenvalue weighted by molar-refractivity contribution is 6.06. The molecule has 0 radical (unpaired) electrons. The standard InChI is InChI=1S/C21H23N3O4/c1-12-6-8-14(9-7-12)18-13(2)23-24-20(18)22-21(25)15-10-16(26-3)19(28-5)17(11-15)27-4/h6-11H,1-5H3,(H2,22,23,24,25). The molecule has 0 aliphatic rings. The van der Waals surface area contributed by atoms with Crippen molar-refractivity contribution >= 4 is 11.7 Å². The minimum atomic E-state index is -0.334. The van der Waals surface area contributed by atoms with Gasteiger partial charge in [0.05, 0.1) is 21.3 Å². The summed E-state index contributed by atoms with van der Waals surface area (Å²) in [5, 5.41) is 10.1. The molecule has 0 saturated heterocycles. The highest BCUT2D eigenvalue weighted by atomic mass is 16.5. The molecule has 7 nitrogen and oxygen atoms in total. The van der Waals surface area contributed by atoms with Crippen LogP contribution in [0.1, 0.15) is 21.6 Å². The Morgan fingerprint density at radius 2 is 1.57 bits per heavy atom. The molecule has 7 heteroatoms. The molecule has 1 aromatic heterocycles. The second kappa shape index (κ2) is 8.04. The Morgan fingerprint density at radius 1 is 0.964 bits per heavy atom. The van der Waals surface area contributed by atoms with Crippen LogP contribution < -0.4 is 19.5 Å². The van der Waals surface area contributed by atoms with Crippen molar-refractivity contribution in [2.24, 2.45) is 0 Å². The Kier molecular flexibility index (Phi) is 5.54. The molecule has 28 heavy (non-hydrogen) atoms. The van der Waals surface area contributed by atoms with Crippen molar-refractivity contribution < 1.29 is 19.0 Å². The summed E-state index contributed by atoms with van der Waals surface area (Å²) in [4.78, 5) is 12.9. The Hall–Kier alpha value is -3.48. The molecule has 3 aromatic rings. The normalized spacial score (nSPS) is 10.5. The van der Waals surface area contributed by atoms with E-state index in [0.29, 0.717) is 28.6 Å². The minimum absolute atomic E-state index is 0.334. The zero-order chi connectivity index (χ0) is 20.3. The minimum Gasteiger partial charge on any atom is -0.493 e. The van der Waals surface area contributed by atoms with Crippen LogP contribution in [-0.4, -0.2) is 37.4 Å². The number of anilines is 1. The number of amides is 1. The van der Waals surface area contributed by atoms with Gasteiger partial charge in [-0.2, -0.15) is 5.10 Å². The highest BCUT2D eigenvalue weighted by Crippen LogP contribution is 2.38. The van der Waals surface area contributed by atoms with E-state index in [-0.39, 0.29) is 5.91 Å². The van der Waals surface area contributed by atoms with Gasteiger partial charge in [0, 0.05) is 16.8 Å². The van der Waals surface area contributed by atoms with Crippen molar-refractivity contribution in [1.29, 1.82) is 0 Å². The number of rotatable bonds is 6. The van der Waals surface area contributed by atoms with Gasteiger partial charge in [-0.15, -0.1) is 0 Å². The number of aromatic amines is 1. The fourth-order valence-electron chi connectivity index (χ4n) is 2.98. The maximum atomic E-state index is 12.9. The lowest BCUT2D eigenvalue weighted by Gasteiger charge is -2.14. The van der Waals surface area contributed by atoms with E-state index in [1.54, 1.807) is 12.1 Å². The number of aromatic nitrogens is 2. The number of ether oxygens (including phenoxy) is 3. The molecular weight excluding hydrogens is 358 g/mol. The topological polar surface area (TPSA) is 85.5 Å². The number of H-pyrrole nitrogens is 1. The van der Waals surface area contributed by atoms with Gasteiger partial charge in [0.15, 0.2) is 17.3 Å². The van der Waals surface area contributed by atoms with Gasteiger partial charge in [0.25, 0.3) is 5.91 Å². The molecule has 0 saturated carbocycles. The van der Waals surface area contributed by atoms with Crippen LogP contribution in [0.15, 0.2) is 36.4 Å². The van der Waals surface area contributed by atoms with Crippen LogP contribution in [0.4, 0.5) is 5.82 Å². The monoisotopic (exact) mass is 381 g/mol. The second-order valence-corrected chi connectivity index (χ2v) is 6.31. The number of aryl methyl sites for hydroxylation is 2. The first-order valence-corrected chi connectivity index (χ1v) is 8.71. The third kappa shape index (κ3) is 3.64. The smallest absolute Gasteiger partial charge is 0.257 e. The van der Waals surface area contributed by atoms with Crippen LogP contribution in [0.25, 0.3) is 11.1 Å². The lowest BCUT2D eigenvalue weighted by atomic mass is 10.0. The Bertz CT molecular complexity index is 968. The molecule has 1 amide bonds. The molecule has 0 bridgehead atoms. The van der Waals surface area contributed by atoms with Crippen molar-refractivity contribution in [2.45, 2.75) is 13.8 Å². The molecule has 2 N–H and O–H groups in total. The molecule has 146 valence electrons. The van der Waals surface area contributed by atoms with Crippen molar-refractivity contribution in [3.63, 3.8) is 0 Å². The highest BCUT2D eigenvalue weighted by Gasteiger charge is 2.20. The van der Waals surface area contributed by atoms with Crippen molar-refractivity contribution in [2.75, 3.05) is 26.6 Å². The summed E-state index contributed by atoms with van der Waals surface area (Å²) >= 11 is 0. The van der Waals surface area contributed by atoms with Crippen LogP contribution in [-0.2, 0) is 0 Å². The lowest BCUT2D eigenvalue weighted by molar-refractivity contribution is 0.102. The number of carbonyl (C=O) groups is 1. The van der Waals surface area contributed by atoms with Gasteiger partial charge in [-0.25, -0.2) is 0 Å². The molecular formula is C21H23N3O4. The van der Waals surface area contributed by atoms with Gasteiger partial charge in [-0.3, -0.25) is 9.89 Å². The SMILES string of the molecule is COc1cc(C(=O)Nc2n[nH]c(C)c2-c2ccc(C)cc2)cc(OC)c1OC. The van der Waals surface area contributed by atoms with Crippen molar-refractivity contribution in [3.05, 3.63) is 53.2 Å². The van der Waals surface area contributed by atoms with E-state index in [0.717, 1.165) is 22.4 Å². The molecule has 0 aliphatic heterocycles. The van der Waals surface area contributed by atoms with E-state index in [1.807, 2.05) is 38.1 Å². The predicted molar refractivity (Wildman–Crippen MR) is 108 cm³/mol. The summed E-state index contributed by atoms with van der Waals surface area (Å²) in [5.41, 5.74) is 4.21. The Morgan fingerprint density at radius 3 is 2.11 bits per heavy atom. The van der Waals surface area contributed by atoms with Gasteiger partial charge in [0.2, 0.25) is 5.75 Å². The Balaban J connectivity index is 1.95. The van der Waals surface area contributed by atoms with Gasteiger partial charge in [0.1, 0.15) is 0 Å². The molecule has 0 fully saturated rings. The average Bonchev–Trinajstić information content (AvgIpc) is 3.07. The molecule has 2 aromatic carbocycles. The lowest BCUT2D eigenvalue weighted by Crippen LogP contribution is -2.13. The van der Waals surface area contributed by atoms with Gasteiger partial charge < -0.3 is 19.5 Å². The van der Waals surface area contributed by atoms with Crippen LogP contribution >= 0.6 is 0 Å². The van der Waals surface area contributed by atoms with E-state index < -0.39 is 0 Å². The van der Waals surface area contributed by atoms with E-state index >= 15 is 0 Å². The van der Waals surface area contributed by atoms with Crippen molar-refractivity contribution in [1.82, 2.24) is 10.2 Å². The first-order chi connectivity index (χ1) is 13.5. The zero-order valence-electron chi connectivity index (χ0n) is 16.5. The fraction of sp³-hybridized carbons (Fsp3) is 0.238. The van der Waals surface area contributed by atoms with E-state index in [4.69, 9.17) is 14.2 Å². The number of hydrogen-bond donors (Lipinski definition) is 2. The second-order valence-electron chi connectivity index (χ2n) is 6.31. The molecule has 0 unspecified atom stereocenters. The molecule has 3 rings (SSSR count). The summed E-state index contributed by atoms with van der Waals surface area (Å²) in [6.45, 7) is 3.94.